The van der Waals surface area contributed by atoms with E-state index in [4.69, 9.17) is 33.0 Å². The molecule has 1 unspecified atom stereocenters. The molecule has 1 N–H and O–H groups in total. The van der Waals surface area contributed by atoms with Gasteiger partial charge >= 0.3 is 5.97 Å². The van der Waals surface area contributed by atoms with Crippen LogP contribution in [0.1, 0.15) is 6.42 Å². The minimum Gasteiger partial charge on any atom is -0.481 e. The second-order valence-corrected chi connectivity index (χ2v) is 6.16. The van der Waals surface area contributed by atoms with Crippen molar-refractivity contribution < 1.29 is 14.6 Å². The van der Waals surface area contributed by atoms with Crippen LogP contribution in [-0.2, 0) is 16.1 Å². The standard InChI is InChI=1S/C10H10Cl2N4O3S/c1-19-5(2-8(17)18)4-16-10(13-14-15-16)6-3-7(11)20-9(6)12/h3,5H,2,4H2,1H3,(H,17,18). The molecule has 2 rings (SSSR count). The number of methoxy groups -OCH3 is 1. The first kappa shape index (κ1) is 15.2. The summed E-state index contributed by atoms with van der Waals surface area (Å²) in [7, 11) is 1.44. The molecule has 108 valence electrons. The Labute approximate surface area is 128 Å². The molecular weight excluding hydrogens is 327 g/mol. The Bertz CT molecular complexity index is 615. The van der Waals surface area contributed by atoms with E-state index in [0.717, 1.165) is 0 Å². The van der Waals surface area contributed by atoms with Gasteiger partial charge in [0.2, 0.25) is 0 Å². The van der Waals surface area contributed by atoms with Crippen LogP contribution >= 0.6 is 34.5 Å². The minimum absolute atomic E-state index is 0.145. The summed E-state index contributed by atoms with van der Waals surface area (Å²) in [4.78, 5) is 10.7. The molecule has 0 aromatic carbocycles. The summed E-state index contributed by atoms with van der Waals surface area (Å²) < 4.78 is 7.55. The Balaban J connectivity index is 2.24. The molecule has 0 aliphatic heterocycles. The zero-order valence-corrected chi connectivity index (χ0v) is 12.6. The highest BCUT2D eigenvalue weighted by molar-refractivity contribution is 7.20. The maximum atomic E-state index is 10.7. The molecule has 20 heavy (non-hydrogen) atoms. The second-order valence-electron chi connectivity index (χ2n) is 3.88. The third-order valence-corrected chi connectivity index (χ3v) is 4.03. The van der Waals surface area contributed by atoms with Gasteiger partial charge in [-0.05, 0) is 16.5 Å². The molecule has 1 atom stereocenters. The summed E-state index contributed by atoms with van der Waals surface area (Å²) in [6, 6.07) is 1.66. The number of halogens is 2. The van der Waals surface area contributed by atoms with Crippen molar-refractivity contribution in [3.8, 4) is 11.4 Å². The molecule has 0 fully saturated rings. The Morgan fingerprint density at radius 1 is 1.60 bits per heavy atom. The normalized spacial score (nSPS) is 12.6. The molecular formula is C10H10Cl2N4O3S. The van der Waals surface area contributed by atoms with Crippen LogP contribution in [0, 0.1) is 0 Å². The molecule has 0 saturated heterocycles. The van der Waals surface area contributed by atoms with E-state index in [-0.39, 0.29) is 13.0 Å². The Kier molecular flexibility index (Phi) is 4.92. The lowest BCUT2D eigenvalue weighted by molar-refractivity contribution is -0.139. The largest absolute Gasteiger partial charge is 0.481 e. The number of carboxylic acid groups (broad SMARTS) is 1. The Morgan fingerprint density at radius 3 is 2.90 bits per heavy atom. The van der Waals surface area contributed by atoms with E-state index in [1.165, 1.54) is 23.1 Å². The van der Waals surface area contributed by atoms with Crippen LogP contribution < -0.4 is 0 Å². The molecule has 0 aliphatic rings. The van der Waals surface area contributed by atoms with Gasteiger partial charge in [0.15, 0.2) is 5.82 Å². The SMILES string of the molecule is COC(CC(=O)O)Cn1nnnc1-c1cc(Cl)sc1Cl. The highest BCUT2D eigenvalue weighted by Crippen LogP contribution is 2.36. The number of nitrogens with zero attached hydrogens (tertiary/aromatic N) is 4. The van der Waals surface area contributed by atoms with Gasteiger partial charge in [0.1, 0.15) is 4.34 Å². The van der Waals surface area contributed by atoms with E-state index in [2.05, 4.69) is 15.5 Å². The summed E-state index contributed by atoms with van der Waals surface area (Å²) in [6.45, 7) is 0.203. The van der Waals surface area contributed by atoms with Crippen molar-refractivity contribution in [1.29, 1.82) is 0 Å². The molecule has 2 aromatic rings. The van der Waals surface area contributed by atoms with Crippen molar-refractivity contribution >= 4 is 40.5 Å². The number of thiophene rings is 1. The molecule has 0 spiro atoms. The Hall–Kier alpha value is -1.22. The number of aliphatic carboxylic acids is 1. The molecule has 0 amide bonds. The van der Waals surface area contributed by atoms with Gasteiger partial charge in [0.05, 0.1) is 29.0 Å². The fourth-order valence-corrected chi connectivity index (χ4v) is 3.08. The summed E-state index contributed by atoms with van der Waals surface area (Å²) in [6.07, 6.45) is -0.684. The van der Waals surface area contributed by atoms with E-state index in [0.29, 0.717) is 20.1 Å². The predicted molar refractivity (Wildman–Crippen MR) is 74.2 cm³/mol. The van der Waals surface area contributed by atoms with E-state index in [1.807, 2.05) is 0 Å². The lowest BCUT2D eigenvalue weighted by Gasteiger charge is -2.13. The molecule has 2 heterocycles. The topological polar surface area (TPSA) is 90.1 Å². The first-order valence-corrected chi connectivity index (χ1v) is 7.04. The first-order chi connectivity index (χ1) is 9.51. The predicted octanol–water partition coefficient (Wildman–Crippen LogP) is 2.20. The van der Waals surface area contributed by atoms with Gasteiger partial charge < -0.3 is 9.84 Å². The van der Waals surface area contributed by atoms with Crippen molar-refractivity contribution in [2.75, 3.05) is 7.11 Å². The van der Waals surface area contributed by atoms with Crippen molar-refractivity contribution in [2.24, 2.45) is 0 Å². The zero-order chi connectivity index (χ0) is 14.7. The maximum Gasteiger partial charge on any atom is 0.306 e. The number of carboxylic acids is 1. The number of carbonyl (C=O) groups is 1. The fourth-order valence-electron chi connectivity index (χ4n) is 1.62. The third-order valence-electron chi connectivity index (χ3n) is 2.54. The van der Waals surface area contributed by atoms with Gasteiger partial charge in [-0.1, -0.05) is 23.2 Å². The smallest absolute Gasteiger partial charge is 0.306 e. The number of hydrogen-bond donors (Lipinski definition) is 1. The van der Waals surface area contributed by atoms with Crippen LogP contribution in [-0.4, -0.2) is 44.5 Å². The Morgan fingerprint density at radius 2 is 2.35 bits per heavy atom. The van der Waals surface area contributed by atoms with Crippen molar-refractivity contribution in [3.05, 3.63) is 14.7 Å². The highest BCUT2D eigenvalue weighted by atomic mass is 35.5. The van der Waals surface area contributed by atoms with Gasteiger partial charge in [0, 0.05) is 7.11 Å². The summed E-state index contributed by atoms with van der Waals surface area (Å²) in [5.74, 6) is -0.534. The minimum atomic E-state index is -0.955. The number of tetrazole rings is 1. The first-order valence-electron chi connectivity index (χ1n) is 5.47. The number of rotatable bonds is 6. The molecule has 0 aliphatic carbocycles. The third kappa shape index (κ3) is 3.45. The lowest BCUT2D eigenvalue weighted by atomic mass is 10.2. The van der Waals surface area contributed by atoms with Gasteiger partial charge in [0.25, 0.3) is 0 Å². The molecule has 0 radical (unpaired) electrons. The quantitative estimate of drug-likeness (QED) is 0.869. The summed E-state index contributed by atoms with van der Waals surface area (Å²) in [5, 5.41) is 20.1. The van der Waals surface area contributed by atoms with Crippen LogP contribution in [0.5, 0.6) is 0 Å². The zero-order valence-electron chi connectivity index (χ0n) is 10.3. The highest BCUT2D eigenvalue weighted by Gasteiger charge is 2.20. The van der Waals surface area contributed by atoms with E-state index in [1.54, 1.807) is 6.07 Å². The lowest BCUT2D eigenvalue weighted by Crippen LogP contribution is -2.23. The van der Waals surface area contributed by atoms with Crippen LogP contribution in [0.15, 0.2) is 6.07 Å². The number of aromatic nitrogens is 4. The second kappa shape index (κ2) is 6.49. The monoisotopic (exact) mass is 336 g/mol. The summed E-state index contributed by atoms with van der Waals surface area (Å²) >= 11 is 13.2. The van der Waals surface area contributed by atoms with Crippen LogP contribution in [0.3, 0.4) is 0 Å². The van der Waals surface area contributed by atoms with Crippen LogP contribution in [0.4, 0.5) is 0 Å². The van der Waals surface area contributed by atoms with Crippen molar-refractivity contribution in [1.82, 2.24) is 20.2 Å². The van der Waals surface area contributed by atoms with Gasteiger partial charge in [-0.3, -0.25) is 4.79 Å². The van der Waals surface area contributed by atoms with Gasteiger partial charge in [-0.15, -0.1) is 16.4 Å². The van der Waals surface area contributed by atoms with E-state index in [9.17, 15) is 4.79 Å². The number of hydrogen-bond acceptors (Lipinski definition) is 6. The summed E-state index contributed by atoms with van der Waals surface area (Å²) in [5.41, 5.74) is 0.608. The average molecular weight is 337 g/mol. The molecule has 10 heteroatoms. The van der Waals surface area contributed by atoms with Crippen molar-refractivity contribution in [3.63, 3.8) is 0 Å². The van der Waals surface area contributed by atoms with E-state index < -0.39 is 12.1 Å². The van der Waals surface area contributed by atoms with E-state index >= 15 is 0 Å². The fraction of sp³-hybridized carbons (Fsp3) is 0.400. The van der Waals surface area contributed by atoms with Gasteiger partial charge in [-0.25, -0.2) is 4.68 Å². The van der Waals surface area contributed by atoms with Crippen LogP contribution in [0.25, 0.3) is 11.4 Å². The molecule has 7 nitrogen and oxygen atoms in total. The van der Waals surface area contributed by atoms with Crippen LogP contribution in [0.2, 0.25) is 8.67 Å². The molecule has 0 bridgehead atoms. The molecule has 2 aromatic heterocycles. The van der Waals surface area contributed by atoms with Crippen molar-refractivity contribution in [2.45, 2.75) is 19.1 Å². The average Bonchev–Trinajstić information content (AvgIpc) is 2.94. The maximum absolute atomic E-state index is 10.7. The number of ether oxygens (including phenoxy) is 1. The molecule has 0 saturated carbocycles. The van der Waals surface area contributed by atoms with Gasteiger partial charge in [-0.2, -0.15) is 0 Å².